The molecule has 0 fully saturated rings. The molecule has 4 rings (SSSR count). The van der Waals surface area contributed by atoms with Crippen LogP contribution in [-0.4, -0.2) is 64.1 Å². The van der Waals surface area contributed by atoms with Gasteiger partial charge in [-0.05, 0) is 103 Å². The molecule has 0 spiro atoms. The summed E-state index contributed by atoms with van der Waals surface area (Å²) in [6, 6.07) is 10.8. The number of carboxylic acids is 1. The first-order chi connectivity index (χ1) is 19.9. The topological polar surface area (TPSA) is 151 Å². The normalized spacial score (nSPS) is 11.6. The Morgan fingerprint density at radius 3 is 1.67 bits per heavy atom. The zero-order valence-electron chi connectivity index (χ0n) is 23.7. The Hall–Kier alpha value is -4.42. The van der Waals surface area contributed by atoms with Crippen molar-refractivity contribution < 1.29 is 19.4 Å². The van der Waals surface area contributed by atoms with Crippen LogP contribution in [0.4, 0.5) is 0 Å². The number of carboxylic acid groups (broad SMARTS) is 1. The van der Waals surface area contributed by atoms with Gasteiger partial charge in [0.15, 0.2) is 11.6 Å². The van der Waals surface area contributed by atoms with Gasteiger partial charge in [-0.2, -0.15) is 9.59 Å². The molecule has 42 heavy (non-hydrogen) atoms. The van der Waals surface area contributed by atoms with Crippen LogP contribution in [-0.2, 0) is 27.4 Å². The minimum atomic E-state index is -0.988. The van der Waals surface area contributed by atoms with Crippen LogP contribution >= 0.6 is 23.2 Å². The van der Waals surface area contributed by atoms with Gasteiger partial charge in [-0.3, -0.25) is 0 Å². The van der Waals surface area contributed by atoms with Crippen LogP contribution in [0.15, 0.2) is 48.6 Å². The van der Waals surface area contributed by atoms with Gasteiger partial charge in [0.2, 0.25) is 0 Å². The van der Waals surface area contributed by atoms with E-state index in [0.717, 1.165) is 33.9 Å². The Morgan fingerprint density at radius 2 is 1.29 bits per heavy atom. The van der Waals surface area contributed by atoms with Crippen molar-refractivity contribution in [2.75, 3.05) is 6.61 Å². The van der Waals surface area contributed by atoms with Gasteiger partial charge in [0.05, 0.1) is 19.7 Å². The molecule has 0 saturated heterocycles. The highest BCUT2D eigenvalue weighted by molar-refractivity contribution is 6.31. The third-order valence-electron chi connectivity index (χ3n) is 5.67. The largest absolute Gasteiger partial charge is 0.478 e. The van der Waals surface area contributed by atoms with Crippen LogP contribution in [0.1, 0.15) is 54.7 Å². The number of carbonyl (C=O) groups excluding carboxylic acids is 1. The first-order valence-electron chi connectivity index (χ1n) is 12.8. The summed E-state index contributed by atoms with van der Waals surface area (Å²) in [7, 11) is 0. The van der Waals surface area contributed by atoms with Gasteiger partial charge >= 0.3 is 11.9 Å². The molecule has 0 aliphatic carbocycles. The highest BCUT2D eigenvalue weighted by atomic mass is 35.5. The fourth-order valence-corrected chi connectivity index (χ4v) is 4.33. The molecule has 220 valence electrons. The van der Waals surface area contributed by atoms with Crippen molar-refractivity contribution in [3.05, 3.63) is 92.5 Å². The molecule has 0 atom stereocenters. The van der Waals surface area contributed by atoms with Crippen molar-refractivity contribution >= 4 is 46.3 Å². The lowest BCUT2D eigenvalue weighted by atomic mass is 10.0. The number of hydrogen-bond donors (Lipinski definition) is 1. The summed E-state index contributed by atoms with van der Waals surface area (Å²) in [5.74, 6) is -0.178. The number of carbonyl (C=O) groups is 2. The second-order valence-corrected chi connectivity index (χ2v) is 9.95. The van der Waals surface area contributed by atoms with Crippen LogP contribution in [0.2, 0.25) is 10.0 Å². The van der Waals surface area contributed by atoms with Crippen molar-refractivity contribution in [2.45, 2.75) is 47.7 Å². The summed E-state index contributed by atoms with van der Waals surface area (Å²) >= 11 is 12.1. The average molecular weight is 614 g/mol. The van der Waals surface area contributed by atoms with Crippen LogP contribution in [0.5, 0.6) is 0 Å². The lowest BCUT2D eigenvalue weighted by molar-refractivity contribution is -0.137. The molecule has 14 heteroatoms. The molecular weight excluding hydrogens is 583 g/mol. The molecule has 2 heterocycles. The Labute approximate surface area is 252 Å². The van der Waals surface area contributed by atoms with Gasteiger partial charge in [-0.1, -0.05) is 35.3 Å². The number of tetrazole rings is 2. The van der Waals surface area contributed by atoms with E-state index < -0.39 is 5.97 Å². The van der Waals surface area contributed by atoms with E-state index in [1.54, 1.807) is 52.0 Å². The third-order valence-corrected chi connectivity index (χ3v) is 6.14. The Kier molecular flexibility index (Phi) is 11.5. The van der Waals surface area contributed by atoms with E-state index in [4.69, 9.17) is 33.0 Å². The maximum Gasteiger partial charge on any atom is 0.331 e. The highest BCUT2D eigenvalue weighted by Gasteiger charge is 2.11. The molecule has 0 aliphatic rings. The van der Waals surface area contributed by atoms with E-state index in [0.29, 0.717) is 47.0 Å². The Balaban J connectivity index is 0.000000231. The molecule has 0 radical (unpaired) electrons. The van der Waals surface area contributed by atoms with E-state index in [1.165, 1.54) is 15.7 Å². The first-order valence-corrected chi connectivity index (χ1v) is 13.5. The highest BCUT2D eigenvalue weighted by Crippen LogP contribution is 2.24. The number of esters is 1. The number of allylic oxidation sites excluding steroid dienone is 2. The van der Waals surface area contributed by atoms with Crippen molar-refractivity contribution in [1.29, 1.82) is 0 Å². The van der Waals surface area contributed by atoms with Crippen molar-refractivity contribution in [3.63, 3.8) is 0 Å². The van der Waals surface area contributed by atoms with Crippen LogP contribution in [0, 0.1) is 13.8 Å². The number of rotatable bonds is 9. The number of nitrogens with zero attached hydrogens (tertiary/aromatic N) is 8. The first kappa shape index (κ1) is 32.1. The number of hydrogen-bond acceptors (Lipinski definition) is 9. The zero-order valence-corrected chi connectivity index (χ0v) is 25.3. The molecule has 0 saturated carbocycles. The number of halogens is 2. The maximum atomic E-state index is 11.6. The zero-order chi connectivity index (χ0) is 30.8. The fraction of sp³-hybridized carbons (Fsp3) is 0.286. The third kappa shape index (κ3) is 9.60. The fourth-order valence-electron chi connectivity index (χ4n) is 3.94. The van der Waals surface area contributed by atoms with E-state index in [2.05, 4.69) is 30.8 Å². The molecular formula is C28H30Cl2N8O4. The van der Waals surface area contributed by atoms with Gasteiger partial charge in [-0.25, -0.2) is 9.59 Å². The number of benzene rings is 2. The molecule has 0 bridgehead atoms. The van der Waals surface area contributed by atoms with Crippen molar-refractivity contribution in [3.8, 4) is 0 Å². The summed E-state index contributed by atoms with van der Waals surface area (Å²) in [6.45, 7) is 10.0. The molecule has 1 N–H and O–H groups in total. The molecule has 12 nitrogen and oxygen atoms in total. The number of aryl methyl sites for hydroxylation is 2. The second-order valence-electron chi connectivity index (χ2n) is 9.08. The van der Waals surface area contributed by atoms with Crippen LogP contribution in [0.3, 0.4) is 0 Å². The molecule has 4 aromatic rings. The van der Waals surface area contributed by atoms with Crippen LogP contribution in [0.25, 0.3) is 11.1 Å². The Morgan fingerprint density at radius 1 is 0.833 bits per heavy atom. The number of aromatic nitrogens is 8. The van der Waals surface area contributed by atoms with Gasteiger partial charge < -0.3 is 9.84 Å². The standard InChI is InChI=1S/C15H17ClN4O2.C13H13ClN4O2/c1-4-22-15(21)7-10(2)14-6-5-13(16)8-12(14)9-20-18-11(3)17-19-20;1-8(5-13(19)20)12-4-3-11(14)6-10(12)7-18-16-9(2)15-17-18/h5-8H,4,9H2,1-3H3;3-6H,7H2,1-2H3,(H,19,20)/b10-7+;8-5+. The van der Waals surface area contributed by atoms with E-state index in [1.807, 2.05) is 19.1 Å². The molecule has 2 aromatic heterocycles. The molecule has 0 amide bonds. The van der Waals surface area contributed by atoms with Gasteiger partial charge in [0, 0.05) is 22.2 Å². The predicted octanol–water partition coefficient (Wildman–Crippen LogP) is 4.82. The van der Waals surface area contributed by atoms with E-state index in [-0.39, 0.29) is 5.97 Å². The SMILES string of the molecule is C/C(=C\C(=O)O)c1ccc(Cl)cc1Cn1nnc(C)n1.CCOC(=O)/C=C(\C)c1ccc(Cl)cc1Cn1nnc(C)n1. The molecule has 0 aliphatic heterocycles. The number of aliphatic carboxylic acids is 1. The maximum absolute atomic E-state index is 11.6. The summed E-state index contributed by atoms with van der Waals surface area (Å²) in [4.78, 5) is 25.3. The summed E-state index contributed by atoms with van der Waals surface area (Å²) in [6.07, 6.45) is 2.63. The van der Waals surface area contributed by atoms with Gasteiger partial charge in [0.1, 0.15) is 0 Å². The van der Waals surface area contributed by atoms with E-state index in [9.17, 15) is 9.59 Å². The lowest BCUT2D eigenvalue weighted by Gasteiger charge is -2.10. The lowest BCUT2D eigenvalue weighted by Crippen LogP contribution is -2.07. The van der Waals surface area contributed by atoms with Gasteiger partial charge in [0.25, 0.3) is 0 Å². The van der Waals surface area contributed by atoms with Crippen molar-refractivity contribution in [2.24, 2.45) is 0 Å². The second kappa shape index (κ2) is 15.0. The van der Waals surface area contributed by atoms with Gasteiger partial charge in [-0.15, -0.1) is 20.4 Å². The predicted molar refractivity (Wildman–Crippen MR) is 158 cm³/mol. The molecule has 0 unspecified atom stereocenters. The molecule has 2 aromatic carbocycles. The van der Waals surface area contributed by atoms with Crippen molar-refractivity contribution in [1.82, 2.24) is 40.4 Å². The van der Waals surface area contributed by atoms with Crippen LogP contribution < -0.4 is 0 Å². The summed E-state index contributed by atoms with van der Waals surface area (Å²) in [5.41, 5.74) is 4.87. The minimum Gasteiger partial charge on any atom is -0.478 e. The smallest absolute Gasteiger partial charge is 0.331 e. The average Bonchev–Trinajstić information content (AvgIpc) is 3.51. The minimum absolute atomic E-state index is 0.345. The Bertz CT molecular complexity index is 1630. The van der Waals surface area contributed by atoms with E-state index >= 15 is 0 Å². The monoisotopic (exact) mass is 612 g/mol. The summed E-state index contributed by atoms with van der Waals surface area (Å²) in [5, 5.41) is 33.8. The summed E-state index contributed by atoms with van der Waals surface area (Å²) < 4.78 is 4.94. The number of ether oxygens (including phenoxy) is 1. The quantitative estimate of drug-likeness (QED) is 0.206.